The number of aryl methyl sites for hydroxylation is 1. The molecular formula is C18H31N3. The van der Waals surface area contributed by atoms with Crippen LogP contribution in [0.3, 0.4) is 0 Å². The average molecular weight is 289 g/mol. The molecule has 2 rings (SSSR count). The summed E-state index contributed by atoms with van der Waals surface area (Å²) in [4.78, 5) is 7.39. The van der Waals surface area contributed by atoms with Crippen LogP contribution >= 0.6 is 0 Å². The molecule has 2 heterocycles. The first-order valence-corrected chi connectivity index (χ1v) is 8.72. The van der Waals surface area contributed by atoms with Crippen LogP contribution in [0.5, 0.6) is 0 Å². The lowest BCUT2D eigenvalue weighted by Gasteiger charge is -2.33. The molecule has 0 amide bonds. The van der Waals surface area contributed by atoms with Crippen LogP contribution in [0.4, 0.5) is 5.82 Å². The van der Waals surface area contributed by atoms with Crippen molar-refractivity contribution in [1.29, 1.82) is 0 Å². The van der Waals surface area contributed by atoms with Crippen molar-refractivity contribution in [2.75, 3.05) is 24.5 Å². The van der Waals surface area contributed by atoms with E-state index in [2.05, 4.69) is 43.1 Å². The first-order valence-electron chi connectivity index (χ1n) is 8.72. The van der Waals surface area contributed by atoms with Crippen molar-refractivity contribution in [2.45, 2.75) is 59.4 Å². The number of hydrogen-bond donors (Lipinski definition) is 1. The molecular weight excluding hydrogens is 258 g/mol. The Kier molecular flexibility index (Phi) is 6.50. The van der Waals surface area contributed by atoms with Crippen molar-refractivity contribution in [3.8, 4) is 0 Å². The minimum Gasteiger partial charge on any atom is -0.357 e. The minimum atomic E-state index is 0.918. The zero-order valence-corrected chi connectivity index (χ0v) is 14.0. The molecule has 1 aromatic rings. The molecule has 3 heteroatoms. The molecule has 1 aliphatic rings. The molecule has 21 heavy (non-hydrogen) atoms. The summed E-state index contributed by atoms with van der Waals surface area (Å²) in [6, 6.07) is 4.56. The normalized spacial score (nSPS) is 16.4. The zero-order chi connectivity index (χ0) is 15.1. The highest BCUT2D eigenvalue weighted by Gasteiger charge is 2.19. The number of aromatic nitrogens is 1. The molecule has 0 spiro atoms. The fraction of sp³-hybridized carbons (Fsp3) is 0.722. The predicted molar refractivity (Wildman–Crippen MR) is 90.8 cm³/mol. The summed E-state index contributed by atoms with van der Waals surface area (Å²) in [5.74, 6) is 2.12. The van der Waals surface area contributed by atoms with Crippen LogP contribution in [-0.4, -0.2) is 24.6 Å². The van der Waals surface area contributed by atoms with Gasteiger partial charge in [0, 0.05) is 25.3 Å². The number of nitrogens with zero attached hydrogens (tertiary/aromatic N) is 2. The van der Waals surface area contributed by atoms with E-state index in [1.807, 2.05) is 0 Å². The quantitative estimate of drug-likeness (QED) is 0.828. The maximum absolute atomic E-state index is 4.90. The second-order valence-corrected chi connectivity index (χ2v) is 6.19. The Labute approximate surface area is 130 Å². The lowest BCUT2D eigenvalue weighted by molar-refractivity contribution is 0.393. The molecule has 0 bridgehead atoms. The average Bonchev–Trinajstić information content (AvgIpc) is 2.53. The van der Waals surface area contributed by atoms with Crippen LogP contribution in [0.15, 0.2) is 12.1 Å². The van der Waals surface area contributed by atoms with Gasteiger partial charge in [0.15, 0.2) is 0 Å². The SMILES string of the molecule is CCCc1cc(CNCC)cc(N2CCC(CC)CC2)n1. The van der Waals surface area contributed by atoms with Gasteiger partial charge in [-0.2, -0.15) is 0 Å². The molecule has 1 N–H and O–H groups in total. The van der Waals surface area contributed by atoms with Gasteiger partial charge in [0.05, 0.1) is 0 Å². The monoisotopic (exact) mass is 289 g/mol. The van der Waals surface area contributed by atoms with Crippen LogP contribution in [0.1, 0.15) is 57.7 Å². The fourth-order valence-electron chi connectivity index (χ4n) is 3.12. The maximum atomic E-state index is 4.90. The first-order chi connectivity index (χ1) is 10.3. The fourth-order valence-corrected chi connectivity index (χ4v) is 3.12. The van der Waals surface area contributed by atoms with Gasteiger partial charge in [-0.05, 0) is 49.4 Å². The highest BCUT2D eigenvalue weighted by atomic mass is 15.2. The summed E-state index contributed by atoms with van der Waals surface area (Å²) in [6.45, 7) is 11.0. The molecule has 0 unspecified atom stereocenters. The van der Waals surface area contributed by atoms with Gasteiger partial charge in [0.1, 0.15) is 5.82 Å². The van der Waals surface area contributed by atoms with Gasteiger partial charge in [0.2, 0.25) is 0 Å². The van der Waals surface area contributed by atoms with Crippen LogP contribution < -0.4 is 10.2 Å². The summed E-state index contributed by atoms with van der Waals surface area (Å²) >= 11 is 0. The molecule has 3 nitrogen and oxygen atoms in total. The Balaban J connectivity index is 2.11. The highest BCUT2D eigenvalue weighted by molar-refractivity contribution is 5.43. The number of nitrogens with one attached hydrogen (secondary N) is 1. The van der Waals surface area contributed by atoms with E-state index in [1.165, 1.54) is 49.4 Å². The third kappa shape index (κ3) is 4.70. The van der Waals surface area contributed by atoms with Crippen molar-refractivity contribution in [3.05, 3.63) is 23.4 Å². The molecule has 1 fully saturated rings. The van der Waals surface area contributed by atoms with E-state index < -0.39 is 0 Å². The molecule has 0 atom stereocenters. The lowest BCUT2D eigenvalue weighted by atomic mass is 9.94. The van der Waals surface area contributed by atoms with Crippen LogP contribution in [-0.2, 0) is 13.0 Å². The maximum Gasteiger partial charge on any atom is 0.129 e. The van der Waals surface area contributed by atoms with Crippen molar-refractivity contribution in [2.24, 2.45) is 5.92 Å². The van der Waals surface area contributed by atoms with E-state index >= 15 is 0 Å². The van der Waals surface area contributed by atoms with Gasteiger partial charge in [-0.1, -0.05) is 33.6 Å². The minimum absolute atomic E-state index is 0.918. The Bertz CT molecular complexity index is 422. The Morgan fingerprint density at radius 3 is 2.57 bits per heavy atom. The van der Waals surface area contributed by atoms with Crippen molar-refractivity contribution in [3.63, 3.8) is 0 Å². The van der Waals surface area contributed by atoms with Gasteiger partial charge < -0.3 is 10.2 Å². The van der Waals surface area contributed by atoms with E-state index in [0.29, 0.717) is 0 Å². The molecule has 1 saturated heterocycles. The second kappa shape index (κ2) is 8.38. The number of pyridine rings is 1. The standard InChI is InChI=1S/C18H31N3/c1-4-7-17-12-16(14-19-6-3)13-18(20-17)21-10-8-15(5-2)9-11-21/h12-13,15,19H,4-11,14H2,1-3H3. The zero-order valence-electron chi connectivity index (χ0n) is 14.0. The van der Waals surface area contributed by atoms with Gasteiger partial charge in [0.25, 0.3) is 0 Å². The highest BCUT2D eigenvalue weighted by Crippen LogP contribution is 2.25. The largest absolute Gasteiger partial charge is 0.357 e. The molecule has 118 valence electrons. The van der Waals surface area contributed by atoms with Crippen molar-refractivity contribution >= 4 is 5.82 Å². The predicted octanol–water partition coefficient (Wildman–Crippen LogP) is 3.77. The number of piperidine rings is 1. The van der Waals surface area contributed by atoms with Crippen LogP contribution in [0.2, 0.25) is 0 Å². The summed E-state index contributed by atoms with van der Waals surface area (Å²) in [5, 5.41) is 3.43. The lowest BCUT2D eigenvalue weighted by Crippen LogP contribution is -2.34. The topological polar surface area (TPSA) is 28.2 Å². The van der Waals surface area contributed by atoms with Crippen LogP contribution in [0, 0.1) is 5.92 Å². The summed E-state index contributed by atoms with van der Waals surface area (Å²) in [6.07, 6.45) is 6.20. The Morgan fingerprint density at radius 2 is 1.95 bits per heavy atom. The third-order valence-electron chi connectivity index (χ3n) is 4.53. The van der Waals surface area contributed by atoms with Gasteiger partial charge >= 0.3 is 0 Å². The molecule has 1 aliphatic heterocycles. The first kappa shape index (κ1) is 16.3. The summed E-state index contributed by atoms with van der Waals surface area (Å²) in [7, 11) is 0. The van der Waals surface area contributed by atoms with E-state index in [4.69, 9.17) is 4.98 Å². The molecule has 0 aromatic carbocycles. The van der Waals surface area contributed by atoms with Crippen LogP contribution in [0.25, 0.3) is 0 Å². The Morgan fingerprint density at radius 1 is 1.19 bits per heavy atom. The van der Waals surface area contributed by atoms with Gasteiger partial charge in [-0.25, -0.2) is 4.98 Å². The second-order valence-electron chi connectivity index (χ2n) is 6.19. The van der Waals surface area contributed by atoms with Crippen molar-refractivity contribution < 1.29 is 0 Å². The number of anilines is 1. The molecule has 0 radical (unpaired) electrons. The Hall–Kier alpha value is -1.09. The number of hydrogen-bond acceptors (Lipinski definition) is 3. The van der Waals surface area contributed by atoms with Gasteiger partial charge in [-0.15, -0.1) is 0 Å². The molecule has 1 aromatic heterocycles. The molecule has 0 saturated carbocycles. The smallest absolute Gasteiger partial charge is 0.129 e. The van der Waals surface area contributed by atoms with E-state index in [9.17, 15) is 0 Å². The van der Waals surface area contributed by atoms with Gasteiger partial charge in [-0.3, -0.25) is 0 Å². The number of rotatable bonds is 7. The van der Waals surface area contributed by atoms with E-state index in [0.717, 1.165) is 31.8 Å². The summed E-state index contributed by atoms with van der Waals surface area (Å²) < 4.78 is 0. The van der Waals surface area contributed by atoms with Crippen molar-refractivity contribution in [1.82, 2.24) is 10.3 Å². The molecule has 0 aliphatic carbocycles. The summed E-state index contributed by atoms with van der Waals surface area (Å²) in [5.41, 5.74) is 2.63. The van der Waals surface area contributed by atoms with E-state index in [-0.39, 0.29) is 0 Å². The van der Waals surface area contributed by atoms with E-state index in [1.54, 1.807) is 0 Å². The third-order valence-corrected chi connectivity index (χ3v) is 4.53.